The molecule has 4 nitrogen and oxygen atoms in total. The van der Waals surface area contributed by atoms with Gasteiger partial charge in [-0.2, -0.15) is 0 Å². The Morgan fingerprint density at radius 2 is 1.48 bits per heavy atom. The zero-order valence-electron chi connectivity index (χ0n) is 18.2. The molecule has 0 aliphatic rings. The van der Waals surface area contributed by atoms with Crippen molar-refractivity contribution in [3.63, 3.8) is 0 Å². The van der Waals surface area contributed by atoms with Crippen LogP contribution in [0.3, 0.4) is 0 Å². The summed E-state index contributed by atoms with van der Waals surface area (Å²) in [6, 6.07) is 1.15. The zero-order valence-corrected chi connectivity index (χ0v) is 20.2. The highest BCUT2D eigenvalue weighted by Crippen LogP contribution is 2.42. The Morgan fingerprint density at radius 3 is 1.92 bits per heavy atom. The molecule has 1 amide bonds. The normalized spacial score (nSPS) is 13.0. The Balaban J connectivity index is 4.34. The highest BCUT2D eigenvalue weighted by molar-refractivity contribution is 6.78. The van der Waals surface area contributed by atoms with E-state index in [4.69, 9.17) is 8.85 Å². The van der Waals surface area contributed by atoms with Gasteiger partial charge in [0.05, 0.1) is 0 Å². The minimum atomic E-state index is -2.13. The number of carbonyl (C=O) groups is 1. The fourth-order valence-corrected chi connectivity index (χ4v) is 11.0. The van der Waals surface area contributed by atoms with Gasteiger partial charge in [0.2, 0.25) is 0 Å². The summed E-state index contributed by atoms with van der Waals surface area (Å²) < 4.78 is 12.1. The van der Waals surface area contributed by atoms with Crippen LogP contribution in [0.15, 0.2) is 0 Å². The van der Waals surface area contributed by atoms with Crippen LogP contribution in [0.4, 0.5) is 4.79 Å². The molecule has 0 aliphatic heterocycles. The van der Waals surface area contributed by atoms with Gasteiger partial charge >= 0.3 is 6.09 Å². The van der Waals surface area contributed by atoms with Gasteiger partial charge in [-0.05, 0) is 48.6 Å². The second-order valence-corrected chi connectivity index (χ2v) is 18.4. The van der Waals surface area contributed by atoms with Crippen LogP contribution in [0.2, 0.25) is 35.8 Å². The standard InChI is InChI=1S/C19H43NO3Si2/c1-10-14-22-24(8,9)15-12-11-13-20-19(21)23-25(16(2)3,17(4)5)18(6)7/h16-18H,10-15H2,1-9H3,(H,20,21). The van der Waals surface area contributed by atoms with Gasteiger partial charge < -0.3 is 14.2 Å². The van der Waals surface area contributed by atoms with Gasteiger partial charge in [-0.25, -0.2) is 4.79 Å². The lowest BCUT2D eigenvalue weighted by atomic mass is 10.3. The zero-order chi connectivity index (χ0) is 19.7. The van der Waals surface area contributed by atoms with E-state index in [1.165, 1.54) is 0 Å². The van der Waals surface area contributed by atoms with Gasteiger partial charge in [0.15, 0.2) is 8.32 Å². The molecular weight excluding hydrogens is 346 g/mol. The predicted molar refractivity (Wildman–Crippen MR) is 113 cm³/mol. The van der Waals surface area contributed by atoms with Crippen molar-refractivity contribution in [1.82, 2.24) is 5.32 Å². The predicted octanol–water partition coefficient (Wildman–Crippen LogP) is 6.30. The summed E-state index contributed by atoms with van der Waals surface area (Å²) in [5.74, 6) is 0. The summed E-state index contributed by atoms with van der Waals surface area (Å²) >= 11 is 0. The van der Waals surface area contributed by atoms with Crippen molar-refractivity contribution >= 4 is 22.7 Å². The van der Waals surface area contributed by atoms with Crippen LogP contribution >= 0.6 is 0 Å². The van der Waals surface area contributed by atoms with Crippen molar-refractivity contribution in [3.8, 4) is 0 Å². The molecule has 0 atom stereocenters. The van der Waals surface area contributed by atoms with Crippen molar-refractivity contribution in [2.75, 3.05) is 13.2 Å². The number of nitrogens with one attached hydrogen (secondary N) is 1. The van der Waals surface area contributed by atoms with E-state index >= 15 is 0 Å². The molecule has 1 N–H and O–H groups in total. The minimum absolute atomic E-state index is 0.221. The van der Waals surface area contributed by atoms with Gasteiger partial charge in [0.25, 0.3) is 8.32 Å². The SMILES string of the molecule is CCCO[Si](C)(C)CCCCNC(=O)O[Si](C(C)C)(C(C)C)C(C)C. The van der Waals surface area contributed by atoms with Crippen LogP contribution in [0.1, 0.15) is 67.7 Å². The average molecular weight is 390 g/mol. The fourth-order valence-electron chi connectivity index (χ4n) is 3.87. The van der Waals surface area contributed by atoms with E-state index in [0.717, 1.165) is 31.9 Å². The van der Waals surface area contributed by atoms with E-state index < -0.39 is 16.6 Å². The second kappa shape index (κ2) is 11.4. The monoisotopic (exact) mass is 389 g/mol. The van der Waals surface area contributed by atoms with E-state index in [-0.39, 0.29) is 6.09 Å². The Labute approximate surface area is 158 Å². The van der Waals surface area contributed by atoms with Crippen molar-refractivity contribution in [3.05, 3.63) is 0 Å². The average Bonchev–Trinajstić information content (AvgIpc) is 2.49. The van der Waals surface area contributed by atoms with Crippen molar-refractivity contribution < 1.29 is 13.6 Å². The van der Waals surface area contributed by atoms with Crippen molar-refractivity contribution in [2.45, 2.75) is 103 Å². The van der Waals surface area contributed by atoms with Crippen LogP contribution in [0.25, 0.3) is 0 Å². The lowest BCUT2D eigenvalue weighted by molar-refractivity contribution is 0.193. The number of hydrogen-bond donors (Lipinski definition) is 1. The third kappa shape index (κ3) is 8.26. The van der Waals surface area contributed by atoms with Crippen LogP contribution in [0.5, 0.6) is 0 Å². The first-order valence-electron chi connectivity index (χ1n) is 10.1. The highest BCUT2D eigenvalue weighted by Gasteiger charge is 2.48. The molecule has 0 radical (unpaired) electrons. The van der Waals surface area contributed by atoms with E-state index in [1.807, 2.05) is 0 Å². The smallest absolute Gasteiger partial charge is 0.393 e. The second-order valence-electron chi connectivity index (χ2n) is 8.70. The summed E-state index contributed by atoms with van der Waals surface area (Å²) in [5.41, 5.74) is 1.25. The van der Waals surface area contributed by atoms with Gasteiger partial charge in [-0.3, -0.25) is 0 Å². The summed E-state index contributed by atoms with van der Waals surface area (Å²) in [4.78, 5) is 12.4. The maximum Gasteiger partial charge on any atom is 0.393 e. The Bertz CT molecular complexity index is 363. The molecule has 0 aromatic carbocycles. The molecule has 6 heteroatoms. The molecule has 0 spiro atoms. The third-order valence-electron chi connectivity index (χ3n) is 5.15. The third-order valence-corrected chi connectivity index (χ3v) is 13.6. The van der Waals surface area contributed by atoms with E-state index in [0.29, 0.717) is 23.2 Å². The van der Waals surface area contributed by atoms with Gasteiger partial charge in [0, 0.05) is 13.2 Å². The number of unbranched alkanes of at least 4 members (excludes halogenated alkanes) is 1. The molecule has 0 unspecified atom stereocenters. The summed E-state index contributed by atoms with van der Waals surface area (Å²) in [6.45, 7) is 21.4. The van der Waals surface area contributed by atoms with E-state index in [2.05, 4.69) is 66.9 Å². The van der Waals surface area contributed by atoms with Crippen LogP contribution in [0, 0.1) is 0 Å². The quantitative estimate of drug-likeness (QED) is 0.315. The molecular formula is C19H43NO3Si2. The number of rotatable bonds is 12. The molecule has 0 aliphatic carbocycles. The Kier molecular flexibility index (Phi) is 11.2. The molecule has 0 fully saturated rings. The van der Waals surface area contributed by atoms with Gasteiger partial charge in [-0.15, -0.1) is 0 Å². The Morgan fingerprint density at radius 1 is 0.960 bits per heavy atom. The van der Waals surface area contributed by atoms with Crippen molar-refractivity contribution in [1.29, 1.82) is 0 Å². The lowest BCUT2D eigenvalue weighted by Crippen LogP contribution is -2.51. The first-order valence-corrected chi connectivity index (χ1v) is 15.4. The number of carbonyl (C=O) groups excluding carboxylic acids is 1. The summed E-state index contributed by atoms with van der Waals surface area (Å²) in [5, 5.41) is 2.98. The van der Waals surface area contributed by atoms with Crippen molar-refractivity contribution in [2.24, 2.45) is 0 Å². The summed E-state index contributed by atoms with van der Waals surface area (Å²) in [7, 11) is -3.65. The number of amides is 1. The molecule has 150 valence electrons. The van der Waals surface area contributed by atoms with Crippen LogP contribution < -0.4 is 5.32 Å². The molecule has 0 aromatic heterocycles. The summed E-state index contributed by atoms with van der Waals surface area (Å²) in [6.07, 6.45) is 2.95. The molecule has 0 bridgehead atoms. The largest absolute Gasteiger partial charge is 0.503 e. The molecule has 0 aromatic rings. The number of hydrogen-bond acceptors (Lipinski definition) is 3. The molecule has 0 saturated heterocycles. The van der Waals surface area contributed by atoms with E-state index in [9.17, 15) is 4.79 Å². The molecule has 0 saturated carbocycles. The topological polar surface area (TPSA) is 47.6 Å². The lowest BCUT2D eigenvalue weighted by Gasteiger charge is -2.41. The molecule has 0 rings (SSSR count). The van der Waals surface area contributed by atoms with E-state index in [1.54, 1.807) is 0 Å². The van der Waals surface area contributed by atoms with Crippen LogP contribution in [-0.4, -0.2) is 35.9 Å². The molecule has 25 heavy (non-hydrogen) atoms. The van der Waals surface area contributed by atoms with Gasteiger partial charge in [-0.1, -0.05) is 54.9 Å². The first kappa shape index (κ1) is 24.7. The minimum Gasteiger partial charge on any atom is -0.503 e. The fraction of sp³-hybridized carbons (Fsp3) is 0.947. The first-order chi connectivity index (χ1) is 11.5. The maximum absolute atomic E-state index is 12.4. The highest BCUT2D eigenvalue weighted by atomic mass is 28.4. The van der Waals surface area contributed by atoms with Gasteiger partial charge in [0.1, 0.15) is 0 Å². The molecule has 0 heterocycles. The maximum atomic E-state index is 12.4. The Hall–Kier alpha value is -0.336. The van der Waals surface area contributed by atoms with Crippen LogP contribution in [-0.2, 0) is 8.85 Å².